The molecule has 14 heteroatoms. The molecule has 5 N–H and O–H groups in total. The summed E-state index contributed by atoms with van der Waals surface area (Å²) < 4.78 is 58.2. The fraction of sp³-hybridized carbons (Fsp3) is 0.160. The molecule has 1 aromatic heterocycles. The largest absolute Gasteiger partial charge is 0.507 e. The first kappa shape index (κ1) is 26.0. The highest BCUT2D eigenvalue weighted by molar-refractivity contribution is 7.81. The van der Waals surface area contributed by atoms with E-state index in [9.17, 15) is 33.6 Å². The van der Waals surface area contributed by atoms with Crippen LogP contribution in [0.15, 0.2) is 57.7 Å². The molecule has 0 spiro atoms. The van der Waals surface area contributed by atoms with Crippen LogP contribution in [-0.4, -0.2) is 53.2 Å². The molecule has 0 saturated carbocycles. The molecular formula is C25H20O13S. The molecule has 0 bridgehead atoms. The van der Waals surface area contributed by atoms with Crippen molar-refractivity contribution >= 4 is 21.4 Å². The zero-order valence-corrected chi connectivity index (χ0v) is 20.7. The summed E-state index contributed by atoms with van der Waals surface area (Å²) in [7, 11) is -3.57. The van der Waals surface area contributed by atoms with E-state index in [1.54, 1.807) is 6.07 Å². The number of ether oxygens (including phenoxy) is 3. The molecule has 1 aliphatic rings. The smallest absolute Gasteiger partial charge is 0.446 e. The minimum atomic E-state index is -4.95. The van der Waals surface area contributed by atoms with Crippen LogP contribution in [0.5, 0.6) is 40.2 Å². The highest BCUT2D eigenvalue weighted by atomic mass is 32.3. The van der Waals surface area contributed by atoms with Crippen LogP contribution in [0.3, 0.4) is 0 Å². The second kappa shape index (κ2) is 9.58. The van der Waals surface area contributed by atoms with E-state index in [0.717, 1.165) is 12.1 Å². The molecule has 204 valence electrons. The molecule has 0 radical (unpaired) electrons. The van der Waals surface area contributed by atoms with Crippen molar-refractivity contribution in [2.45, 2.75) is 12.2 Å². The van der Waals surface area contributed by atoms with Crippen molar-refractivity contribution in [2.75, 3.05) is 13.7 Å². The lowest BCUT2D eigenvalue weighted by Gasteiger charge is -2.33. The fourth-order valence-corrected chi connectivity index (χ4v) is 4.53. The predicted molar refractivity (Wildman–Crippen MR) is 133 cm³/mol. The molecule has 1 aliphatic heterocycles. The normalized spacial score (nSPS) is 16.7. The first-order chi connectivity index (χ1) is 18.5. The average molecular weight is 560 g/mol. The van der Waals surface area contributed by atoms with Gasteiger partial charge in [-0.25, -0.2) is 0 Å². The number of methoxy groups -OCH3 is 1. The standard InChI is InChI=1S/C25H20O13S/c1-34-17-6-11(2-4-14(17)27)24-20(10-26)35-16-5-3-12(7-18(16)36-24)25-23(30)22(29)21-15(28)8-13(9-19(21)37-25)38-39(31,32)33/h2-9,20,24,26-28,30H,10H2,1H3,(H,31,32,33). The lowest BCUT2D eigenvalue weighted by molar-refractivity contribution is -0.0123. The molecule has 39 heavy (non-hydrogen) atoms. The van der Waals surface area contributed by atoms with Gasteiger partial charge in [0.15, 0.2) is 46.7 Å². The van der Waals surface area contributed by atoms with Gasteiger partial charge < -0.3 is 43.2 Å². The maximum Gasteiger partial charge on any atom is 0.446 e. The first-order valence-electron chi connectivity index (χ1n) is 11.1. The molecule has 2 atom stereocenters. The van der Waals surface area contributed by atoms with Gasteiger partial charge in [-0.15, -0.1) is 0 Å². The van der Waals surface area contributed by atoms with E-state index >= 15 is 0 Å². The number of hydrogen-bond acceptors (Lipinski definition) is 12. The lowest BCUT2D eigenvalue weighted by Crippen LogP contribution is -2.36. The van der Waals surface area contributed by atoms with Crippen LogP contribution in [0.2, 0.25) is 0 Å². The zero-order chi connectivity index (χ0) is 28.1. The predicted octanol–water partition coefficient (Wildman–Crippen LogP) is 2.64. The number of phenolic OH excluding ortho intramolecular Hbond substituents is 2. The maximum absolute atomic E-state index is 12.8. The molecule has 0 saturated heterocycles. The minimum absolute atomic E-state index is 0.0980. The summed E-state index contributed by atoms with van der Waals surface area (Å²) >= 11 is 0. The molecule has 2 heterocycles. The number of aliphatic hydroxyl groups excluding tert-OH is 1. The second-order valence-corrected chi connectivity index (χ2v) is 9.43. The Hall–Kier alpha value is -4.66. The van der Waals surface area contributed by atoms with E-state index in [1.165, 1.54) is 37.4 Å². The van der Waals surface area contributed by atoms with Gasteiger partial charge in [0.25, 0.3) is 0 Å². The average Bonchev–Trinajstić information content (AvgIpc) is 2.88. The van der Waals surface area contributed by atoms with Gasteiger partial charge in [-0.1, -0.05) is 6.07 Å². The van der Waals surface area contributed by atoms with Gasteiger partial charge in [0, 0.05) is 23.3 Å². The lowest BCUT2D eigenvalue weighted by atomic mass is 10.0. The van der Waals surface area contributed by atoms with Crippen molar-refractivity contribution in [1.29, 1.82) is 0 Å². The third kappa shape index (κ3) is 4.83. The summed E-state index contributed by atoms with van der Waals surface area (Å²) in [5, 5.41) is 40.2. The molecule has 4 aromatic rings. The maximum atomic E-state index is 12.8. The van der Waals surface area contributed by atoms with Crippen LogP contribution in [0, 0.1) is 0 Å². The summed E-state index contributed by atoms with van der Waals surface area (Å²) in [6.45, 7) is -0.410. The van der Waals surface area contributed by atoms with E-state index in [1.807, 2.05) is 0 Å². The number of hydrogen-bond donors (Lipinski definition) is 5. The van der Waals surface area contributed by atoms with E-state index in [-0.39, 0.29) is 39.9 Å². The molecule has 2 unspecified atom stereocenters. The SMILES string of the molecule is COc1cc(C2Oc3cc(-c4oc5cc(OS(=O)(=O)O)cc(O)c5c(=O)c4O)ccc3OC2CO)ccc1O. The Bertz CT molecular complexity index is 1760. The number of phenols is 2. The van der Waals surface area contributed by atoms with Crippen molar-refractivity contribution < 1.29 is 56.2 Å². The highest BCUT2D eigenvalue weighted by Crippen LogP contribution is 2.44. The van der Waals surface area contributed by atoms with Crippen LogP contribution in [-0.2, 0) is 10.4 Å². The molecule has 13 nitrogen and oxygen atoms in total. The van der Waals surface area contributed by atoms with Gasteiger partial charge in [-0.2, -0.15) is 8.42 Å². The molecule has 0 fully saturated rings. The van der Waals surface area contributed by atoms with Gasteiger partial charge in [0.1, 0.15) is 16.7 Å². The van der Waals surface area contributed by atoms with Crippen molar-refractivity contribution in [1.82, 2.24) is 0 Å². The van der Waals surface area contributed by atoms with Gasteiger partial charge in [0.05, 0.1) is 13.7 Å². The molecular weight excluding hydrogens is 540 g/mol. The Morgan fingerprint density at radius 3 is 2.41 bits per heavy atom. The number of aromatic hydroxyl groups is 3. The quantitative estimate of drug-likeness (QED) is 0.216. The van der Waals surface area contributed by atoms with E-state index in [4.69, 9.17) is 23.2 Å². The van der Waals surface area contributed by atoms with Gasteiger partial charge >= 0.3 is 10.4 Å². The van der Waals surface area contributed by atoms with Crippen LogP contribution < -0.4 is 23.8 Å². The Morgan fingerprint density at radius 1 is 0.949 bits per heavy atom. The summed E-state index contributed by atoms with van der Waals surface area (Å²) in [6, 6.07) is 10.5. The number of rotatable bonds is 6. The van der Waals surface area contributed by atoms with Crippen LogP contribution in [0.25, 0.3) is 22.3 Å². The Balaban J connectivity index is 1.59. The van der Waals surface area contributed by atoms with Crippen LogP contribution in [0.1, 0.15) is 11.7 Å². The summed E-state index contributed by atoms with van der Waals surface area (Å²) in [6.07, 6.45) is -1.67. The summed E-state index contributed by atoms with van der Waals surface area (Å²) in [5.41, 5.74) is -0.720. The van der Waals surface area contributed by atoms with E-state index < -0.39 is 57.3 Å². The first-order valence-corrected chi connectivity index (χ1v) is 12.5. The van der Waals surface area contributed by atoms with Crippen LogP contribution >= 0.6 is 0 Å². The van der Waals surface area contributed by atoms with Crippen molar-refractivity contribution in [3.63, 3.8) is 0 Å². The molecule has 0 amide bonds. The molecule has 0 aliphatic carbocycles. The van der Waals surface area contributed by atoms with E-state index in [2.05, 4.69) is 4.18 Å². The third-order valence-corrected chi connectivity index (χ3v) is 6.32. The van der Waals surface area contributed by atoms with Gasteiger partial charge in [-0.3, -0.25) is 9.35 Å². The van der Waals surface area contributed by atoms with Crippen molar-refractivity contribution in [3.05, 3.63) is 64.3 Å². The Kier molecular flexibility index (Phi) is 6.38. The van der Waals surface area contributed by atoms with Gasteiger partial charge in [0.2, 0.25) is 11.2 Å². The fourth-order valence-electron chi connectivity index (χ4n) is 4.19. The second-order valence-electron chi connectivity index (χ2n) is 8.41. The number of fused-ring (bicyclic) bond motifs is 2. The van der Waals surface area contributed by atoms with Crippen LogP contribution in [0.4, 0.5) is 0 Å². The number of aliphatic hydroxyl groups is 1. The zero-order valence-electron chi connectivity index (χ0n) is 19.9. The topological polar surface area (TPSA) is 202 Å². The van der Waals surface area contributed by atoms with Gasteiger partial charge in [-0.05, 0) is 30.3 Å². The Morgan fingerprint density at radius 2 is 1.72 bits per heavy atom. The third-order valence-electron chi connectivity index (χ3n) is 5.91. The highest BCUT2D eigenvalue weighted by Gasteiger charge is 2.34. The number of benzene rings is 3. The minimum Gasteiger partial charge on any atom is -0.507 e. The summed E-state index contributed by atoms with van der Waals surface area (Å²) in [5.74, 6) is -2.04. The monoisotopic (exact) mass is 560 g/mol. The Labute approximate surface area is 219 Å². The molecule has 3 aromatic carbocycles. The van der Waals surface area contributed by atoms with Crippen molar-refractivity contribution in [2.24, 2.45) is 0 Å². The molecule has 5 rings (SSSR count). The van der Waals surface area contributed by atoms with E-state index in [0.29, 0.717) is 5.56 Å². The van der Waals surface area contributed by atoms with Crippen molar-refractivity contribution in [3.8, 4) is 51.6 Å². The summed E-state index contributed by atoms with van der Waals surface area (Å²) in [4.78, 5) is 12.8.